The number of nitrogens with zero attached hydrogens (tertiary/aromatic N) is 1. The first kappa shape index (κ1) is 23.0. The molecule has 6 rings (SSSR count). The number of rotatable bonds is 4. The SMILES string of the molecule is [B]CC1C2CCC(C2)C1C1=NC=C(C2=CC3C=CC(B4OC(C)(C)C(C)(C)S4)=CC3C=C2)NC1. The van der Waals surface area contributed by atoms with Crippen molar-refractivity contribution in [3.63, 3.8) is 0 Å². The van der Waals surface area contributed by atoms with Gasteiger partial charge in [0.2, 0.25) is 0 Å². The Morgan fingerprint density at radius 1 is 1.12 bits per heavy atom. The van der Waals surface area contributed by atoms with Gasteiger partial charge in [-0.25, -0.2) is 0 Å². The van der Waals surface area contributed by atoms with Gasteiger partial charge in [-0.15, -0.1) is 0 Å². The first-order chi connectivity index (χ1) is 16.3. The summed E-state index contributed by atoms with van der Waals surface area (Å²) in [5.41, 5.74) is 4.89. The molecule has 176 valence electrons. The summed E-state index contributed by atoms with van der Waals surface area (Å²) in [7, 11) is 6.17. The van der Waals surface area contributed by atoms with Crippen LogP contribution in [0.15, 0.2) is 64.4 Å². The van der Waals surface area contributed by atoms with E-state index >= 15 is 0 Å². The van der Waals surface area contributed by atoms with E-state index in [2.05, 4.69) is 75.7 Å². The van der Waals surface area contributed by atoms with Crippen LogP contribution in [0.2, 0.25) is 6.32 Å². The molecular formula is C28H36B2N2OS. The molecule has 6 atom stereocenters. The van der Waals surface area contributed by atoms with Crippen molar-refractivity contribution in [3.05, 3.63) is 59.4 Å². The third kappa shape index (κ3) is 3.75. The molecule has 2 radical (unpaired) electrons. The lowest BCUT2D eigenvalue weighted by atomic mass is 9.71. The number of hydrogen-bond acceptors (Lipinski definition) is 4. The molecule has 6 heteroatoms. The van der Waals surface area contributed by atoms with Crippen LogP contribution in [0.1, 0.15) is 47.0 Å². The van der Waals surface area contributed by atoms with Crippen LogP contribution in [0, 0.1) is 35.5 Å². The Morgan fingerprint density at radius 3 is 2.59 bits per heavy atom. The third-order valence-corrected chi connectivity index (χ3v) is 11.3. The summed E-state index contributed by atoms with van der Waals surface area (Å²) in [6, 6.07) is 0. The molecule has 0 aromatic heterocycles. The lowest BCUT2D eigenvalue weighted by Crippen LogP contribution is -2.39. The molecule has 3 fully saturated rings. The number of nitrogens with one attached hydrogen (secondary N) is 1. The number of aliphatic imine (C=N–C) groups is 1. The van der Waals surface area contributed by atoms with Gasteiger partial charge in [0.15, 0.2) is 0 Å². The second-order valence-corrected chi connectivity index (χ2v) is 13.7. The Kier molecular flexibility index (Phi) is 5.65. The van der Waals surface area contributed by atoms with Gasteiger partial charge in [-0.1, -0.05) is 42.8 Å². The second kappa shape index (κ2) is 8.34. The van der Waals surface area contributed by atoms with Crippen LogP contribution in [-0.4, -0.2) is 36.6 Å². The van der Waals surface area contributed by atoms with Crippen molar-refractivity contribution >= 4 is 31.4 Å². The molecule has 0 aromatic carbocycles. The minimum Gasteiger partial charge on any atom is -0.416 e. The van der Waals surface area contributed by atoms with Gasteiger partial charge in [-0.2, -0.15) is 11.6 Å². The second-order valence-electron chi connectivity index (χ2n) is 12.0. The Hall–Kier alpha value is -1.39. The average molecular weight is 470 g/mol. The molecule has 2 bridgehead atoms. The van der Waals surface area contributed by atoms with Crippen molar-refractivity contribution in [2.45, 2.75) is 63.6 Å². The topological polar surface area (TPSA) is 33.6 Å². The molecular weight excluding hydrogens is 434 g/mol. The molecule has 4 aliphatic carbocycles. The summed E-state index contributed by atoms with van der Waals surface area (Å²) < 4.78 is 6.54. The van der Waals surface area contributed by atoms with Crippen LogP contribution < -0.4 is 5.32 Å². The van der Waals surface area contributed by atoms with E-state index in [0.717, 1.165) is 30.4 Å². The van der Waals surface area contributed by atoms with Gasteiger partial charge in [0.25, 0.3) is 0 Å². The Labute approximate surface area is 211 Å². The van der Waals surface area contributed by atoms with Gasteiger partial charge in [-0.05, 0) is 75.8 Å². The zero-order valence-electron chi connectivity index (χ0n) is 21.0. The summed E-state index contributed by atoms with van der Waals surface area (Å²) >= 11 is 1.94. The fourth-order valence-electron chi connectivity index (χ4n) is 6.96. The van der Waals surface area contributed by atoms with Crippen molar-refractivity contribution in [3.8, 4) is 0 Å². The van der Waals surface area contributed by atoms with Gasteiger partial charge >= 0.3 is 6.19 Å². The molecule has 0 aromatic rings. The molecule has 2 heterocycles. The predicted octanol–water partition coefficient (Wildman–Crippen LogP) is 5.69. The highest BCUT2D eigenvalue weighted by Crippen LogP contribution is 2.54. The fraction of sp³-hybridized carbons (Fsp3) is 0.607. The van der Waals surface area contributed by atoms with E-state index < -0.39 is 0 Å². The van der Waals surface area contributed by atoms with Gasteiger partial charge < -0.3 is 9.97 Å². The smallest absolute Gasteiger partial charge is 0.397 e. The van der Waals surface area contributed by atoms with Gasteiger partial charge in [0.1, 0.15) is 0 Å². The van der Waals surface area contributed by atoms with Crippen LogP contribution >= 0.6 is 11.6 Å². The molecule has 0 amide bonds. The zero-order valence-corrected chi connectivity index (χ0v) is 21.8. The maximum atomic E-state index is 6.45. The summed E-state index contributed by atoms with van der Waals surface area (Å²) in [5, 5.41) is 3.69. The Bertz CT molecular complexity index is 1040. The van der Waals surface area contributed by atoms with Crippen molar-refractivity contribution in [2.75, 3.05) is 6.54 Å². The average Bonchev–Trinajstić information content (AvgIpc) is 3.50. The minimum absolute atomic E-state index is 0.0966. The van der Waals surface area contributed by atoms with Crippen LogP contribution in [-0.2, 0) is 4.65 Å². The quantitative estimate of drug-likeness (QED) is 0.536. The molecule has 6 aliphatic rings. The monoisotopic (exact) mass is 470 g/mol. The molecule has 0 spiro atoms. The summed E-state index contributed by atoms with van der Waals surface area (Å²) in [5.74, 6) is 3.63. The first-order valence-corrected chi connectivity index (χ1v) is 14.0. The van der Waals surface area contributed by atoms with Crippen LogP contribution in [0.3, 0.4) is 0 Å². The zero-order chi connectivity index (χ0) is 23.7. The fourth-order valence-corrected chi connectivity index (χ4v) is 8.41. The highest BCUT2D eigenvalue weighted by Gasteiger charge is 2.51. The normalized spacial score (nSPS) is 39.2. The van der Waals surface area contributed by atoms with Crippen LogP contribution in [0.25, 0.3) is 0 Å². The standard InChI is InChI=1S/C28H36B2N2OS/c1-27(2)28(3,4)34-30(33-27)22-10-9-17-11-20(7-5-18(17)13-22)24-15-32-25(16-31-24)26-21-8-6-19(12-21)23(26)14-29/h5,7,9-11,13,15,17-19,21,23,26,31H,6,8,12,14,16H2,1-4H3. The first-order valence-electron chi connectivity index (χ1n) is 13.1. The molecule has 6 unspecified atom stereocenters. The van der Waals surface area contributed by atoms with Crippen LogP contribution in [0.4, 0.5) is 0 Å². The van der Waals surface area contributed by atoms with E-state index in [1.807, 2.05) is 11.6 Å². The number of allylic oxidation sites excluding steroid dienone is 7. The van der Waals surface area contributed by atoms with Crippen molar-refractivity contribution in [2.24, 2.45) is 40.5 Å². The van der Waals surface area contributed by atoms with Crippen molar-refractivity contribution in [1.29, 1.82) is 0 Å². The highest BCUT2D eigenvalue weighted by atomic mass is 32.2. The van der Waals surface area contributed by atoms with E-state index in [4.69, 9.17) is 17.5 Å². The molecule has 1 N–H and O–H groups in total. The summed E-state index contributed by atoms with van der Waals surface area (Å²) in [4.78, 5) is 4.99. The lowest BCUT2D eigenvalue weighted by Gasteiger charge is -2.33. The molecule has 34 heavy (non-hydrogen) atoms. The Balaban J connectivity index is 1.15. The van der Waals surface area contributed by atoms with E-state index in [9.17, 15) is 0 Å². The van der Waals surface area contributed by atoms with E-state index in [0.29, 0.717) is 23.7 Å². The molecule has 2 saturated carbocycles. The maximum Gasteiger partial charge on any atom is 0.397 e. The van der Waals surface area contributed by atoms with E-state index in [1.54, 1.807) is 0 Å². The van der Waals surface area contributed by atoms with Crippen molar-refractivity contribution in [1.82, 2.24) is 5.32 Å². The molecule has 2 aliphatic heterocycles. The van der Waals surface area contributed by atoms with Crippen LogP contribution in [0.5, 0.6) is 0 Å². The van der Waals surface area contributed by atoms with Gasteiger partial charge in [-0.3, -0.25) is 4.99 Å². The lowest BCUT2D eigenvalue weighted by molar-refractivity contribution is 0.0930. The van der Waals surface area contributed by atoms with Gasteiger partial charge in [0.05, 0.1) is 31.9 Å². The summed E-state index contributed by atoms with van der Waals surface area (Å²) in [6.07, 6.45) is 21.1. The third-order valence-electron chi connectivity index (χ3n) is 9.61. The van der Waals surface area contributed by atoms with E-state index in [-0.39, 0.29) is 16.5 Å². The molecule has 3 nitrogen and oxygen atoms in total. The minimum atomic E-state index is -0.135. The van der Waals surface area contributed by atoms with Crippen molar-refractivity contribution < 1.29 is 4.65 Å². The van der Waals surface area contributed by atoms with E-state index in [1.165, 1.54) is 36.0 Å². The highest BCUT2D eigenvalue weighted by molar-refractivity contribution is 8.26. The maximum absolute atomic E-state index is 6.45. The summed E-state index contributed by atoms with van der Waals surface area (Å²) in [6.45, 7) is 9.84. The number of hydrogen-bond donors (Lipinski definition) is 1. The largest absolute Gasteiger partial charge is 0.416 e. The van der Waals surface area contributed by atoms with Gasteiger partial charge in [0, 0.05) is 28.2 Å². The predicted molar refractivity (Wildman–Crippen MR) is 146 cm³/mol. The molecule has 1 saturated heterocycles. The number of fused-ring (bicyclic) bond motifs is 3. The Morgan fingerprint density at radius 2 is 1.88 bits per heavy atom.